The van der Waals surface area contributed by atoms with Crippen molar-refractivity contribution in [2.45, 2.75) is 25.8 Å². The molecule has 0 aliphatic carbocycles. The third-order valence-electron chi connectivity index (χ3n) is 1.46. The molecular formula is C7H12KNO3. The Hall–Kier alpha value is 0.576. The topological polar surface area (TPSA) is 57.6 Å². The van der Waals surface area contributed by atoms with E-state index in [1.54, 1.807) is 0 Å². The van der Waals surface area contributed by atoms with Crippen molar-refractivity contribution >= 4 is 12.4 Å². The monoisotopic (exact) mass is 197 g/mol. The van der Waals surface area contributed by atoms with Crippen LogP contribution in [0.15, 0.2) is 0 Å². The van der Waals surface area contributed by atoms with Crippen LogP contribution in [0.25, 0.3) is 0 Å². The van der Waals surface area contributed by atoms with Crippen molar-refractivity contribution < 1.29 is 66.1 Å². The van der Waals surface area contributed by atoms with Crippen LogP contribution in [0, 0.1) is 0 Å². The Morgan fingerprint density at radius 2 is 2.17 bits per heavy atom. The minimum absolute atomic E-state index is 0. The second-order valence-electron chi connectivity index (χ2n) is 2.34. The maximum atomic E-state index is 10.5. The zero-order valence-electron chi connectivity index (χ0n) is 7.70. The average molecular weight is 197 g/mol. The van der Waals surface area contributed by atoms with Gasteiger partial charge in [-0.15, -0.1) is 0 Å². The van der Waals surface area contributed by atoms with E-state index in [0.29, 0.717) is 6.42 Å². The Morgan fingerprint density at radius 1 is 1.67 bits per heavy atom. The normalized spacial score (nSPS) is 11.2. The van der Waals surface area contributed by atoms with Crippen molar-refractivity contribution in [1.82, 2.24) is 4.90 Å². The number of hydrogen-bond donors (Lipinski definition) is 1. The predicted octanol–water partition coefficient (Wildman–Crippen LogP) is -2.76. The number of carbonyl (C=O) groups is 1. The van der Waals surface area contributed by atoms with Crippen LogP contribution in [0.2, 0.25) is 0 Å². The Bertz CT molecular complexity index is 152. The van der Waals surface area contributed by atoms with Crippen LogP contribution >= 0.6 is 0 Å². The van der Waals surface area contributed by atoms with Gasteiger partial charge in [0.1, 0.15) is 0 Å². The van der Waals surface area contributed by atoms with Crippen LogP contribution in [0.1, 0.15) is 19.8 Å². The minimum atomic E-state index is -0.974. The molecule has 1 N–H and O–H groups in total. The summed E-state index contributed by atoms with van der Waals surface area (Å²) in [5.74, 6) is -0.974. The molecule has 0 aromatic heterocycles. The molecule has 0 spiro atoms. The third kappa shape index (κ3) is 5.26. The van der Waals surface area contributed by atoms with E-state index in [1.807, 2.05) is 6.92 Å². The molecule has 1 unspecified atom stereocenters. The number of carboxylic acid groups (broad SMARTS) is 1. The first-order chi connectivity index (χ1) is 5.13. The van der Waals surface area contributed by atoms with Crippen LogP contribution in [0.5, 0.6) is 0 Å². The van der Waals surface area contributed by atoms with Crippen LogP contribution in [0.3, 0.4) is 0 Å². The Labute approximate surface area is 115 Å². The summed E-state index contributed by atoms with van der Waals surface area (Å²) in [7, 11) is 1.42. The van der Waals surface area contributed by atoms with E-state index < -0.39 is 12.0 Å². The SMILES string of the molecule is CCCC(C(=O)O)N(C)[C-]=O.[K+]. The van der Waals surface area contributed by atoms with E-state index >= 15 is 0 Å². The van der Waals surface area contributed by atoms with Crippen molar-refractivity contribution in [3.63, 3.8) is 0 Å². The first-order valence-corrected chi connectivity index (χ1v) is 3.46. The number of rotatable bonds is 5. The third-order valence-corrected chi connectivity index (χ3v) is 1.46. The van der Waals surface area contributed by atoms with Crippen molar-refractivity contribution in [3.05, 3.63) is 0 Å². The Kier molecular flexibility index (Phi) is 10.3. The van der Waals surface area contributed by atoms with Crippen LogP contribution in [-0.2, 0) is 9.59 Å². The van der Waals surface area contributed by atoms with Crippen LogP contribution in [0.4, 0.5) is 0 Å². The molecule has 0 aromatic carbocycles. The van der Waals surface area contributed by atoms with E-state index in [2.05, 4.69) is 0 Å². The second kappa shape index (κ2) is 8.19. The first kappa shape index (κ1) is 15.1. The van der Waals surface area contributed by atoms with Gasteiger partial charge in [0.05, 0.1) is 6.04 Å². The zero-order valence-corrected chi connectivity index (χ0v) is 10.8. The van der Waals surface area contributed by atoms with E-state index in [0.717, 1.165) is 11.3 Å². The number of carboxylic acids is 1. The molecule has 0 saturated heterocycles. The molecule has 0 rings (SSSR count). The van der Waals surface area contributed by atoms with Crippen molar-refractivity contribution in [1.29, 1.82) is 0 Å². The van der Waals surface area contributed by atoms with Gasteiger partial charge < -0.3 is 14.8 Å². The molecule has 1 amide bonds. The van der Waals surface area contributed by atoms with Gasteiger partial charge in [-0.2, -0.15) is 6.41 Å². The summed E-state index contributed by atoms with van der Waals surface area (Å²) >= 11 is 0. The minimum Gasteiger partial charge on any atom is -0.520 e. The fourth-order valence-corrected chi connectivity index (χ4v) is 0.820. The summed E-state index contributed by atoms with van der Waals surface area (Å²) in [6.45, 7) is 1.87. The molecular weight excluding hydrogens is 185 g/mol. The van der Waals surface area contributed by atoms with Crippen molar-refractivity contribution in [3.8, 4) is 0 Å². The molecule has 0 aliphatic rings. The van der Waals surface area contributed by atoms with Crippen molar-refractivity contribution in [2.24, 2.45) is 0 Å². The van der Waals surface area contributed by atoms with Crippen molar-refractivity contribution in [2.75, 3.05) is 7.05 Å². The number of nitrogens with zero attached hydrogens (tertiary/aromatic N) is 1. The van der Waals surface area contributed by atoms with E-state index in [9.17, 15) is 9.59 Å². The molecule has 12 heavy (non-hydrogen) atoms. The summed E-state index contributed by atoms with van der Waals surface area (Å²) in [4.78, 5) is 21.6. The molecule has 5 heteroatoms. The summed E-state index contributed by atoms with van der Waals surface area (Å²) < 4.78 is 0. The van der Waals surface area contributed by atoms with Gasteiger partial charge in [-0.3, -0.25) is 4.79 Å². The average Bonchev–Trinajstić information content (AvgIpc) is 1.98. The first-order valence-electron chi connectivity index (χ1n) is 3.46. The Balaban J connectivity index is 0. The van der Waals surface area contributed by atoms with Gasteiger partial charge in [0.2, 0.25) is 0 Å². The smallest absolute Gasteiger partial charge is 0.520 e. The molecule has 0 radical (unpaired) electrons. The quantitative estimate of drug-likeness (QED) is 0.295. The summed E-state index contributed by atoms with van der Waals surface area (Å²) in [5, 5.41) is 8.59. The number of carbonyl (C=O) groups excluding carboxylic acids is 1. The standard InChI is InChI=1S/C7H12NO3.K/c1-3-4-6(7(10)11)8(2)5-9;/h6H,3-4H2,1-2H3,(H,10,11);/q-1;+1. The fourth-order valence-electron chi connectivity index (χ4n) is 0.820. The van der Waals surface area contributed by atoms with Crippen LogP contribution in [-0.4, -0.2) is 35.5 Å². The summed E-state index contributed by atoms with van der Waals surface area (Å²) in [6, 6.07) is -0.725. The zero-order chi connectivity index (χ0) is 8.85. The van der Waals surface area contributed by atoms with E-state index in [-0.39, 0.29) is 51.4 Å². The van der Waals surface area contributed by atoms with Gasteiger partial charge in [0.25, 0.3) is 0 Å². The molecule has 0 aliphatic heterocycles. The molecule has 4 nitrogen and oxygen atoms in total. The van der Waals surface area contributed by atoms with Gasteiger partial charge in [-0.05, 0) is 13.5 Å². The molecule has 0 fully saturated rings. The van der Waals surface area contributed by atoms with Crippen LogP contribution < -0.4 is 51.4 Å². The number of amides is 1. The fraction of sp³-hybridized carbons (Fsp3) is 0.714. The van der Waals surface area contributed by atoms with Gasteiger partial charge in [-0.1, -0.05) is 13.3 Å². The Morgan fingerprint density at radius 3 is 2.42 bits per heavy atom. The second-order valence-corrected chi connectivity index (χ2v) is 2.34. The summed E-state index contributed by atoms with van der Waals surface area (Å²) in [6.07, 6.45) is 2.75. The molecule has 64 valence electrons. The maximum Gasteiger partial charge on any atom is 1.00 e. The summed E-state index contributed by atoms with van der Waals surface area (Å²) in [5.41, 5.74) is 0. The van der Waals surface area contributed by atoms with Gasteiger partial charge in [-0.25, -0.2) is 0 Å². The maximum absolute atomic E-state index is 10.5. The van der Waals surface area contributed by atoms with Gasteiger partial charge in [0.15, 0.2) is 0 Å². The largest absolute Gasteiger partial charge is 1.00 e. The number of aliphatic carboxylic acids is 1. The molecule has 0 heterocycles. The van der Waals surface area contributed by atoms with E-state index in [1.165, 1.54) is 13.5 Å². The predicted molar refractivity (Wildman–Crippen MR) is 39.8 cm³/mol. The van der Waals surface area contributed by atoms with Gasteiger partial charge in [0, 0.05) is 0 Å². The number of hydrogen-bond acceptors (Lipinski definition) is 2. The van der Waals surface area contributed by atoms with E-state index in [4.69, 9.17) is 5.11 Å². The molecule has 0 bridgehead atoms. The number of likely N-dealkylation sites (N-methyl/N-ethyl adjacent to an activating group) is 1. The molecule has 0 aromatic rings. The van der Waals surface area contributed by atoms with Gasteiger partial charge >= 0.3 is 57.4 Å². The molecule has 0 saturated carbocycles. The molecule has 1 atom stereocenters.